The van der Waals surface area contributed by atoms with Gasteiger partial charge in [0.2, 0.25) is 11.8 Å². The Labute approximate surface area is 155 Å². The molecule has 0 spiro atoms. The lowest BCUT2D eigenvalue weighted by atomic mass is 10.1. The highest BCUT2D eigenvalue weighted by Gasteiger charge is 2.31. The van der Waals surface area contributed by atoms with Crippen LogP contribution in [0.3, 0.4) is 0 Å². The highest BCUT2D eigenvalue weighted by molar-refractivity contribution is 5.91. The van der Waals surface area contributed by atoms with E-state index in [0.29, 0.717) is 25.3 Å². The third-order valence-electron chi connectivity index (χ3n) is 4.33. The Hall–Kier alpha value is -2.30. The summed E-state index contributed by atoms with van der Waals surface area (Å²) in [6.07, 6.45) is -0.347. The zero-order chi connectivity index (χ0) is 19.2. The summed E-state index contributed by atoms with van der Waals surface area (Å²) in [7, 11) is 0. The Bertz CT molecular complexity index is 670. The van der Waals surface area contributed by atoms with Crippen LogP contribution < -0.4 is 20.7 Å². The topological polar surface area (TPSA) is 91.9 Å². The number of benzene rings is 1. The molecule has 2 amide bonds. The first-order valence-corrected chi connectivity index (χ1v) is 8.71. The van der Waals surface area contributed by atoms with Gasteiger partial charge in [-0.25, -0.2) is 0 Å². The normalized spacial score (nSPS) is 23.7. The second-order valence-corrected chi connectivity index (χ2v) is 6.31. The highest BCUT2D eigenvalue weighted by Crippen LogP contribution is 2.19. The minimum Gasteiger partial charge on any atom is -0.435 e. The van der Waals surface area contributed by atoms with Crippen LogP contribution in [-0.4, -0.2) is 62.0 Å². The van der Waals surface area contributed by atoms with Gasteiger partial charge in [-0.05, 0) is 12.1 Å². The molecule has 1 aromatic carbocycles. The maximum absolute atomic E-state index is 12.3. The fraction of sp³-hybridized carbons (Fsp3) is 0.529. The maximum atomic E-state index is 12.3. The van der Waals surface area contributed by atoms with E-state index in [1.807, 2.05) is 0 Å². The van der Waals surface area contributed by atoms with Crippen molar-refractivity contribution >= 4 is 17.5 Å². The molecule has 27 heavy (non-hydrogen) atoms. The first kappa shape index (κ1) is 19.5. The van der Waals surface area contributed by atoms with E-state index in [1.165, 1.54) is 18.2 Å². The van der Waals surface area contributed by atoms with Gasteiger partial charge in [-0.3, -0.25) is 19.8 Å². The van der Waals surface area contributed by atoms with Crippen molar-refractivity contribution in [1.82, 2.24) is 15.5 Å². The minimum atomic E-state index is -2.94. The molecule has 0 aromatic heterocycles. The number of carbonyl (C=O) groups excluding carboxylic acids is 2. The fourth-order valence-corrected chi connectivity index (χ4v) is 3.14. The van der Waals surface area contributed by atoms with Gasteiger partial charge < -0.3 is 20.1 Å². The highest BCUT2D eigenvalue weighted by atomic mass is 19.3. The van der Waals surface area contributed by atoms with Gasteiger partial charge in [0.25, 0.3) is 0 Å². The SMILES string of the molecule is O=C(CC1NC(=O)CC(N2CCOCC2)N1)Nc1cccc(OC(F)F)c1. The van der Waals surface area contributed by atoms with Gasteiger partial charge in [-0.15, -0.1) is 0 Å². The first-order valence-electron chi connectivity index (χ1n) is 8.71. The monoisotopic (exact) mass is 384 g/mol. The van der Waals surface area contributed by atoms with Crippen molar-refractivity contribution < 1.29 is 27.8 Å². The molecule has 2 aliphatic rings. The van der Waals surface area contributed by atoms with Gasteiger partial charge in [0, 0.05) is 24.8 Å². The van der Waals surface area contributed by atoms with Gasteiger partial charge in [-0.2, -0.15) is 8.78 Å². The lowest BCUT2D eigenvalue weighted by molar-refractivity contribution is -0.128. The van der Waals surface area contributed by atoms with Crippen LogP contribution in [-0.2, 0) is 14.3 Å². The summed E-state index contributed by atoms with van der Waals surface area (Å²) in [5.41, 5.74) is 0.338. The summed E-state index contributed by atoms with van der Waals surface area (Å²) in [4.78, 5) is 26.4. The molecule has 2 unspecified atom stereocenters. The van der Waals surface area contributed by atoms with Crippen molar-refractivity contribution in [2.45, 2.75) is 31.8 Å². The van der Waals surface area contributed by atoms with Crippen molar-refractivity contribution in [2.24, 2.45) is 0 Å². The molecule has 10 heteroatoms. The molecule has 0 bridgehead atoms. The number of nitrogens with one attached hydrogen (secondary N) is 3. The van der Waals surface area contributed by atoms with E-state index in [0.717, 1.165) is 13.1 Å². The van der Waals surface area contributed by atoms with E-state index in [2.05, 4.69) is 25.6 Å². The van der Waals surface area contributed by atoms with Crippen molar-refractivity contribution in [1.29, 1.82) is 0 Å². The number of amides is 2. The van der Waals surface area contributed by atoms with Gasteiger partial charge in [0.15, 0.2) is 0 Å². The van der Waals surface area contributed by atoms with Crippen LogP contribution in [0.2, 0.25) is 0 Å². The zero-order valence-corrected chi connectivity index (χ0v) is 14.6. The summed E-state index contributed by atoms with van der Waals surface area (Å²) in [6.45, 7) is -0.263. The Morgan fingerprint density at radius 1 is 1.37 bits per heavy atom. The average Bonchev–Trinajstić information content (AvgIpc) is 2.61. The molecule has 148 valence electrons. The average molecular weight is 384 g/mol. The van der Waals surface area contributed by atoms with Gasteiger partial charge in [0.1, 0.15) is 5.75 Å². The van der Waals surface area contributed by atoms with Crippen LogP contribution in [0.4, 0.5) is 14.5 Å². The summed E-state index contributed by atoms with van der Waals surface area (Å²) in [5, 5.41) is 8.63. The van der Waals surface area contributed by atoms with E-state index in [9.17, 15) is 18.4 Å². The number of alkyl halides is 2. The van der Waals surface area contributed by atoms with Crippen LogP contribution in [0.1, 0.15) is 12.8 Å². The number of carbonyl (C=O) groups is 2. The standard InChI is InChI=1S/C17H22F2N4O4/c18-17(19)27-12-3-1-2-11(8-12)20-15(24)9-13-21-14(10-16(25)22-13)23-4-6-26-7-5-23/h1-3,8,13-14,17,21H,4-7,9-10H2,(H,20,24)(H,22,25). The largest absolute Gasteiger partial charge is 0.435 e. The molecule has 0 aliphatic carbocycles. The minimum absolute atomic E-state index is 0.00646. The third-order valence-corrected chi connectivity index (χ3v) is 4.33. The third kappa shape index (κ3) is 5.84. The lowest BCUT2D eigenvalue weighted by Gasteiger charge is -2.40. The van der Waals surface area contributed by atoms with Crippen molar-refractivity contribution in [2.75, 3.05) is 31.6 Å². The number of hydrogen-bond acceptors (Lipinski definition) is 6. The Morgan fingerprint density at radius 2 is 2.15 bits per heavy atom. The number of hydrogen-bond donors (Lipinski definition) is 3. The first-order chi connectivity index (χ1) is 13.0. The number of nitrogens with zero attached hydrogens (tertiary/aromatic N) is 1. The molecule has 2 saturated heterocycles. The van der Waals surface area contributed by atoms with Crippen molar-refractivity contribution in [3.8, 4) is 5.75 Å². The molecule has 2 heterocycles. The van der Waals surface area contributed by atoms with Crippen LogP contribution >= 0.6 is 0 Å². The molecule has 2 fully saturated rings. The Morgan fingerprint density at radius 3 is 2.89 bits per heavy atom. The van der Waals surface area contributed by atoms with Crippen LogP contribution in [0.25, 0.3) is 0 Å². The van der Waals surface area contributed by atoms with Crippen LogP contribution in [0.5, 0.6) is 5.75 Å². The summed E-state index contributed by atoms with van der Waals surface area (Å²) < 4.78 is 34.2. The molecule has 3 N–H and O–H groups in total. The molecule has 0 radical (unpaired) electrons. The maximum Gasteiger partial charge on any atom is 0.387 e. The second-order valence-electron chi connectivity index (χ2n) is 6.31. The molecule has 8 nitrogen and oxygen atoms in total. The van der Waals surface area contributed by atoms with E-state index >= 15 is 0 Å². The number of morpholine rings is 1. The summed E-state index contributed by atoms with van der Waals surface area (Å²) in [6, 6.07) is 5.76. The van der Waals surface area contributed by atoms with Gasteiger partial charge in [0.05, 0.1) is 38.4 Å². The van der Waals surface area contributed by atoms with Gasteiger partial charge in [-0.1, -0.05) is 6.07 Å². The molecular weight excluding hydrogens is 362 g/mol. The van der Waals surface area contributed by atoms with Crippen molar-refractivity contribution in [3.05, 3.63) is 24.3 Å². The number of rotatable bonds is 6. The van der Waals surface area contributed by atoms with E-state index in [4.69, 9.17) is 4.74 Å². The summed E-state index contributed by atoms with van der Waals surface area (Å²) in [5.74, 6) is -0.528. The predicted molar refractivity (Wildman–Crippen MR) is 92.2 cm³/mol. The molecule has 3 rings (SSSR count). The number of anilines is 1. The predicted octanol–water partition coefficient (Wildman–Crippen LogP) is 0.711. The zero-order valence-electron chi connectivity index (χ0n) is 14.6. The molecule has 1 aromatic rings. The number of ether oxygens (including phenoxy) is 2. The molecule has 0 saturated carbocycles. The molecular formula is C17H22F2N4O4. The fourth-order valence-electron chi connectivity index (χ4n) is 3.14. The van der Waals surface area contributed by atoms with E-state index < -0.39 is 12.8 Å². The quantitative estimate of drug-likeness (QED) is 0.669. The van der Waals surface area contributed by atoms with Crippen molar-refractivity contribution in [3.63, 3.8) is 0 Å². The molecule has 2 atom stereocenters. The summed E-state index contributed by atoms with van der Waals surface area (Å²) >= 11 is 0. The van der Waals surface area contributed by atoms with Crippen LogP contribution in [0, 0.1) is 0 Å². The smallest absolute Gasteiger partial charge is 0.387 e. The Kier molecular flexibility index (Phi) is 6.54. The molecule has 2 aliphatic heterocycles. The van der Waals surface area contributed by atoms with Gasteiger partial charge >= 0.3 is 6.61 Å². The lowest BCUT2D eigenvalue weighted by Crippen LogP contribution is -2.63. The number of halogens is 2. The second kappa shape index (κ2) is 9.07. The van der Waals surface area contributed by atoms with E-state index in [-0.39, 0.29) is 30.2 Å². The van der Waals surface area contributed by atoms with E-state index in [1.54, 1.807) is 6.07 Å². The van der Waals surface area contributed by atoms with Crippen LogP contribution in [0.15, 0.2) is 24.3 Å². The Balaban J connectivity index is 1.54.